The summed E-state index contributed by atoms with van der Waals surface area (Å²) in [6.45, 7) is 5.89. The van der Waals surface area contributed by atoms with E-state index in [1.54, 1.807) is 6.92 Å². The minimum Gasteiger partial charge on any atom is -0.390 e. The van der Waals surface area contributed by atoms with Gasteiger partial charge in [0.05, 0.1) is 12.2 Å². The molecule has 0 bridgehead atoms. The zero-order valence-corrected chi connectivity index (χ0v) is 17.5. The second-order valence-corrected chi connectivity index (χ2v) is 8.53. The van der Waals surface area contributed by atoms with Crippen LogP contribution < -0.4 is 0 Å². The lowest BCUT2D eigenvalue weighted by atomic mass is 9.72. The van der Waals surface area contributed by atoms with Crippen molar-refractivity contribution in [2.45, 2.75) is 96.6 Å². The quantitative estimate of drug-likeness (QED) is 0.433. The molecule has 0 aromatic heterocycles. The first-order valence-electron chi connectivity index (χ1n) is 11.0. The lowest BCUT2D eigenvalue weighted by Gasteiger charge is -2.43. The average Bonchev–Trinajstić information content (AvgIpc) is 2.69. The van der Waals surface area contributed by atoms with E-state index in [0.717, 1.165) is 19.3 Å². The number of allylic oxidation sites excluding steroid dienone is 1. The molecule has 0 saturated carbocycles. The van der Waals surface area contributed by atoms with Crippen LogP contribution in [0, 0.1) is 22.7 Å². The highest BCUT2D eigenvalue weighted by atomic mass is 16.5. The van der Waals surface area contributed by atoms with E-state index in [0.29, 0.717) is 23.8 Å². The molecule has 0 aromatic rings. The van der Waals surface area contributed by atoms with Crippen LogP contribution in [-0.4, -0.2) is 47.0 Å². The summed E-state index contributed by atoms with van der Waals surface area (Å²) in [5.41, 5.74) is 0.600. The highest BCUT2D eigenvalue weighted by Gasteiger charge is 2.46. The van der Waals surface area contributed by atoms with Crippen LogP contribution in [0.15, 0.2) is 16.8 Å². The maximum absolute atomic E-state index is 12.9. The average molecular weight is 396 g/mol. The van der Waals surface area contributed by atoms with Gasteiger partial charge in [0.15, 0.2) is 5.78 Å². The van der Waals surface area contributed by atoms with Crippen molar-refractivity contribution in [1.29, 1.82) is 0 Å². The normalized spacial score (nSPS) is 36.2. The van der Waals surface area contributed by atoms with Gasteiger partial charge in [-0.3, -0.25) is 4.79 Å². The molecule has 1 fully saturated rings. The van der Waals surface area contributed by atoms with Gasteiger partial charge in [-0.15, -0.1) is 0 Å². The summed E-state index contributed by atoms with van der Waals surface area (Å²) in [5.74, 6) is 0.337. The number of Topliss-reactive ketones (excluding diaryl/α,β-unsaturated/α-hetero) is 1. The molecule has 2 aliphatic rings. The number of nitrogens with zero attached hydrogens (tertiary/aromatic N) is 1. The number of carbonyl (C=O) groups is 1. The Hall–Kier alpha value is -1.11. The minimum atomic E-state index is -1.17. The van der Waals surface area contributed by atoms with Crippen molar-refractivity contribution in [3.8, 4) is 0 Å². The number of nitroso groups, excluding NO2 is 1. The van der Waals surface area contributed by atoms with E-state index in [9.17, 15) is 19.9 Å². The number of carbonyl (C=O) groups excluding carboxylic acids is 1. The Morgan fingerprint density at radius 2 is 1.86 bits per heavy atom. The monoisotopic (exact) mass is 395 g/mol. The maximum atomic E-state index is 12.9. The molecule has 0 spiro atoms. The van der Waals surface area contributed by atoms with Gasteiger partial charge in [0.1, 0.15) is 18.8 Å². The Balaban J connectivity index is 2.09. The van der Waals surface area contributed by atoms with E-state index in [2.05, 4.69) is 19.0 Å². The van der Waals surface area contributed by atoms with Crippen LogP contribution in [0.1, 0.15) is 72.1 Å². The molecule has 1 heterocycles. The van der Waals surface area contributed by atoms with E-state index >= 15 is 0 Å². The van der Waals surface area contributed by atoms with Gasteiger partial charge in [-0.1, -0.05) is 64.1 Å². The fraction of sp³-hybridized carbons (Fsp3) is 0.864. The molecule has 1 aliphatic carbocycles. The van der Waals surface area contributed by atoms with E-state index < -0.39 is 30.3 Å². The van der Waals surface area contributed by atoms with Gasteiger partial charge in [0.2, 0.25) is 0 Å². The van der Waals surface area contributed by atoms with Gasteiger partial charge in [-0.05, 0) is 24.7 Å². The number of ketones is 1. The molecule has 6 heteroatoms. The largest absolute Gasteiger partial charge is 0.390 e. The maximum Gasteiger partial charge on any atom is 0.161 e. The van der Waals surface area contributed by atoms with E-state index in [4.69, 9.17) is 4.74 Å². The van der Waals surface area contributed by atoms with Crippen molar-refractivity contribution in [2.75, 3.05) is 6.54 Å². The van der Waals surface area contributed by atoms with E-state index in [1.165, 1.54) is 25.7 Å². The molecule has 6 nitrogen and oxygen atoms in total. The molecular weight excluding hydrogens is 358 g/mol. The summed E-state index contributed by atoms with van der Waals surface area (Å²) in [6.07, 6.45) is 7.03. The number of unbranched alkanes of at least 4 members (excludes halogenated alkanes) is 4. The highest BCUT2D eigenvalue weighted by molar-refractivity contribution is 5.97. The highest BCUT2D eigenvalue weighted by Crippen LogP contribution is 2.38. The van der Waals surface area contributed by atoms with Crippen LogP contribution in [0.5, 0.6) is 0 Å². The molecule has 160 valence electrons. The lowest BCUT2D eigenvalue weighted by molar-refractivity contribution is -0.183. The molecule has 1 saturated heterocycles. The van der Waals surface area contributed by atoms with Gasteiger partial charge < -0.3 is 14.9 Å². The summed E-state index contributed by atoms with van der Waals surface area (Å²) < 4.78 is 5.89. The number of aliphatic hydroxyl groups is 2. The number of rotatable bonds is 10. The summed E-state index contributed by atoms with van der Waals surface area (Å²) in [5, 5.41) is 23.3. The third-order valence-corrected chi connectivity index (χ3v) is 6.55. The Morgan fingerprint density at radius 3 is 2.50 bits per heavy atom. The fourth-order valence-corrected chi connectivity index (χ4v) is 4.68. The first-order chi connectivity index (χ1) is 13.4. The van der Waals surface area contributed by atoms with E-state index in [-0.39, 0.29) is 12.3 Å². The van der Waals surface area contributed by atoms with Crippen molar-refractivity contribution >= 4 is 5.78 Å². The molecule has 1 aliphatic heterocycles. The zero-order chi connectivity index (χ0) is 20.7. The van der Waals surface area contributed by atoms with Crippen molar-refractivity contribution in [3.63, 3.8) is 0 Å². The first kappa shape index (κ1) is 23.2. The zero-order valence-electron chi connectivity index (χ0n) is 17.5. The van der Waals surface area contributed by atoms with Crippen LogP contribution >= 0.6 is 0 Å². The first-order valence-corrected chi connectivity index (χ1v) is 11.0. The van der Waals surface area contributed by atoms with Gasteiger partial charge >= 0.3 is 0 Å². The number of ether oxygens (including phenoxy) is 1. The van der Waals surface area contributed by atoms with Crippen molar-refractivity contribution in [2.24, 2.45) is 22.9 Å². The Labute approximate surface area is 168 Å². The topological polar surface area (TPSA) is 96.2 Å². The number of hydrogen-bond donors (Lipinski definition) is 2. The summed E-state index contributed by atoms with van der Waals surface area (Å²) in [7, 11) is 0. The SMILES string of the molecule is CCCCCCC[C@@H]1CC(=O)C(C2OC(CN=O)C(O)C(O)C2C)=C[C@@H]1CC. The van der Waals surface area contributed by atoms with Crippen molar-refractivity contribution < 1.29 is 19.7 Å². The van der Waals surface area contributed by atoms with Crippen LogP contribution in [0.25, 0.3) is 0 Å². The van der Waals surface area contributed by atoms with Gasteiger partial charge in [0.25, 0.3) is 0 Å². The fourth-order valence-electron chi connectivity index (χ4n) is 4.68. The third-order valence-electron chi connectivity index (χ3n) is 6.55. The minimum absolute atomic E-state index is 0.0708. The Kier molecular flexibility index (Phi) is 9.25. The molecule has 0 amide bonds. The summed E-state index contributed by atoms with van der Waals surface area (Å²) >= 11 is 0. The standard InChI is InChI=1S/C22H37NO5/c1-4-6-7-8-9-10-16-12-18(24)17(11-15(16)5-2)22-14(3)20(25)21(26)19(28-22)13-23-27/h11,14-16,19-22,25-26H,4-10,12-13H2,1-3H3/t14?,15-,16+,19?,20?,21?,22?/m0/s1. The van der Waals surface area contributed by atoms with Crippen molar-refractivity contribution in [1.82, 2.24) is 0 Å². The molecule has 28 heavy (non-hydrogen) atoms. The number of aliphatic hydroxyl groups excluding tert-OH is 2. The molecule has 2 N–H and O–H groups in total. The smallest absolute Gasteiger partial charge is 0.161 e. The molecule has 0 aromatic carbocycles. The van der Waals surface area contributed by atoms with E-state index in [1.807, 2.05) is 6.08 Å². The molecule has 7 atom stereocenters. The van der Waals surface area contributed by atoms with Crippen LogP contribution in [0.4, 0.5) is 0 Å². The lowest BCUT2D eigenvalue weighted by Crippen LogP contribution is -2.55. The molecule has 2 rings (SSSR count). The van der Waals surface area contributed by atoms with Gasteiger partial charge in [-0.25, -0.2) is 0 Å². The summed E-state index contributed by atoms with van der Waals surface area (Å²) in [6, 6.07) is 0. The van der Waals surface area contributed by atoms with Crippen LogP contribution in [0.3, 0.4) is 0 Å². The number of hydrogen-bond acceptors (Lipinski definition) is 6. The second kappa shape index (κ2) is 11.2. The second-order valence-electron chi connectivity index (χ2n) is 8.53. The molecular formula is C22H37NO5. The molecule has 5 unspecified atom stereocenters. The van der Waals surface area contributed by atoms with Gasteiger partial charge in [0, 0.05) is 17.9 Å². The van der Waals surface area contributed by atoms with Gasteiger partial charge in [-0.2, -0.15) is 4.91 Å². The summed E-state index contributed by atoms with van der Waals surface area (Å²) in [4.78, 5) is 23.6. The Bertz CT molecular complexity index is 549. The van der Waals surface area contributed by atoms with Crippen LogP contribution in [-0.2, 0) is 9.53 Å². The predicted octanol–water partition coefficient (Wildman–Crippen LogP) is 3.78. The predicted molar refractivity (Wildman–Crippen MR) is 109 cm³/mol. The Morgan fingerprint density at radius 1 is 1.14 bits per heavy atom. The molecule has 0 radical (unpaired) electrons. The van der Waals surface area contributed by atoms with Crippen LogP contribution in [0.2, 0.25) is 0 Å². The van der Waals surface area contributed by atoms with Crippen molar-refractivity contribution in [3.05, 3.63) is 16.6 Å². The third kappa shape index (κ3) is 5.49.